The summed E-state index contributed by atoms with van der Waals surface area (Å²) in [6.07, 6.45) is 5.56. The van der Waals surface area contributed by atoms with Gasteiger partial charge in [0.05, 0.1) is 0 Å². The average molecular weight is 1010 g/mol. The first kappa shape index (κ1) is 43.5. The van der Waals surface area contributed by atoms with Gasteiger partial charge in [-0.25, -0.2) is 4.98 Å². The minimum absolute atomic E-state index is 0. The zero-order valence-electron chi connectivity index (χ0n) is 37.7. The molecular formula is C56H53N5OPt-2. The van der Waals surface area contributed by atoms with Crippen molar-refractivity contribution in [3.05, 3.63) is 180 Å². The fraction of sp³-hybridized carbons (Fsp3) is 0.232. The van der Waals surface area contributed by atoms with E-state index in [0.29, 0.717) is 17.2 Å². The molecule has 7 heteroatoms. The minimum Gasteiger partial charge on any atom is -0.510 e. The van der Waals surface area contributed by atoms with Gasteiger partial charge < -0.3 is 13.9 Å². The van der Waals surface area contributed by atoms with Gasteiger partial charge in [-0.1, -0.05) is 153 Å². The van der Waals surface area contributed by atoms with Gasteiger partial charge >= 0.3 is 0 Å². The molecule has 0 atom stereocenters. The van der Waals surface area contributed by atoms with Crippen LogP contribution in [0.15, 0.2) is 140 Å². The van der Waals surface area contributed by atoms with Crippen molar-refractivity contribution < 1.29 is 30.4 Å². The van der Waals surface area contributed by atoms with E-state index in [9.17, 15) is 0 Å². The molecule has 0 amide bonds. The Bertz CT molecular complexity index is 3090. The van der Waals surface area contributed by atoms with E-state index in [1.807, 2.05) is 30.5 Å². The molecule has 0 fully saturated rings. The zero-order chi connectivity index (χ0) is 43.6. The molecule has 0 N–H and O–H groups in total. The summed E-state index contributed by atoms with van der Waals surface area (Å²) < 4.78 is 12.7. The van der Waals surface area contributed by atoms with Crippen molar-refractivity contribution in [2.24, 2.45) is 0 Å². The van der Waals surface area contributed by atoms with Gasteiger partial charge in [-0.2, -0.15) is 22.9 Å². The predicted molar refractivity (Wildman–Crippen MR) is 252 cm³/mol. The molecule has 6 nitrogen and oxygen atoms in total. The molecule has 9 rings (SSSR count). The second-order valence-corrected chi connectivity index (χ2v) is 19.4. The summed E-state index contributed by atoms with van der Waals surface area (Å²) in [4.78, 5) is 4.85. The second kappa shape index (κ2) is 16.5. The quantitative estimate of drug-likeness (QED) is 0.118. The number of fused-ring (bicyclic) bond motifs is 3. The van der Waals surface area contributed by atoms with Crippen molar-refractivity contribution in [1.29, 1.82) is 0 Å². The molecule has 0 spiro atoms. The second-order valence-electron chi connectivity index (χ2n) is 19.4. The molecule has 0 aliphatic carbocycles. The van der Waals surface area contributed by atoms with Crippen LogP contribution in [-0.2, 0) is 37.3 Å². The molecule has 0 saturated heterocycles. The Labute approximate surface area is 386 Å². The maximum Gasteiger partial charge on any atom is 0.232 e. The van der Waals surface area contributed by atoms with E-state index < -0.39 is 0 Å². The molecule has 0 unspecified atom stereocenters. The fourth-order valence-electron chi connectivity index (χ4n) is 8.10. The Kier molecular flexibility index (Phi) is 11.4. The number of rotatable bonds is 7. The number of pyridine rings is 1. The number of aryl methyl sites for hydroxylation is 1. The molecule has 63 heavy (non-hydrogen) atoms. The monoisotopic (exact) mass is 1010 g/mol. The van der Waals surface area contributed by atoms with E-state index in [0.717, 1.165) is 61.4 Å². The van der Waals surface area contributed by atoms with E-state index in [1.165, 1.54) is 16.7 Å². The third-order valence-corrected chi connectivity index (χ3v) is 11.7. The number of aromatic nitrogens is 5. The Balaban J connectivity index is 0.00000544. The maximum atomic E-state index is 6.62. The van der Waals surface area contributed by atoms with Crippen molar-refractivity contribution in [1.82, 2.24) is 19.3 Å². The van der Waals surface area contributed by atoms with Crippen LogP contribution in [0.3, 0.4) is 0 Å². The van der Waals surface area contributed by atoms with Crippen LogP contribution in [0, 0.1) is 25.4 Å². The summed E-state index contributed by atoms with van der Waals surface area (Å²) in [7, 11) is 0. The summed E-state index contributed by atoms with van der Waals surface area (Å²) in [5.74, 6) is 2.73. The van der Waals surface area contributed by atoms with Crippen molar-refractivity contribution in [2.45, 2.75) is 85.5 Å². The SMILES string of the molecule is Cc1cccc(-c2ccccc2)c1-c1nn(-c2[c-]c(Oc3[c-]c4c(cc3)c3ccccc3n4-c3cc(C(C)(C)C)ccn3)ccc2)[c-][n+]1-c1cc(C(C)(C)C)cc(C(C)(C)C)c1.[Pt]. The Hall–Kier alpha value is -6.10. The van der Waals surface area contributed by atoms with Crippen LogP contribution in [0.5, 0.6) is 11.5 Å². The van der Waals surface area contributed by atoms with Gasteiger partial charge in [0.1, 0.15) is 5.82 Å². The molecule has 3 aromatic heterocycles. The molecule has 9 aromatic rings. The average Bonchev–Trinajstić information content (AvgIpc) is 3.83. The van der Waals surface area contributed by atoms with Gasteiger partial charge in [0, 0.05) is 55.5 Å². The first-order valence-corrected chi connectivity index (χ1v) is 21.4. The Morgan fingerprint density at radius 3 is 1.98 bits per heavy atom. The zero-order valence-corrected chi connectivity index (χ0v) is 40.0. The van der Waals surface area contributed by atoms with Crippen LogP contribution >= 0.6 is 0 Å². The first-order valence-electron chi connectivity index (χ1n) is 21.4. The van der Waals surface area contributed by atoms with Gasteiger partial charge in [-0.3, -0.25) is 0 Å². The van der Waals surface area contributed by atoms with Crippen molar-refractivity contribution in [3.8, 4) is 51.2 Å². The number of hydrogen-bond donors (Lipinski definition) is 0. The largest absolute Gasteiger partial charge is 0.510 e. The van der Waals surface area contributed by atoms with Crippen LogP contribution in [0.25, 0.3) is 61.5 Å². The maximum absolute atomic E-state index is 6.62. The smallest absolute Gasteiger partial charge is 0.232 e. The molecule has 320 valence electrons. The molecule has 3 heterocycles. The molecule has 0 aliphatic rings. The fourth-order valence-corrected chi connectivity index (χ4v) is 8.10. The van der Waals surface area contributed by atoms with E-state index in [-0.39, 0.29) is 37.3 Å². The van der Waals surface area contributed by atoms with Crippen LogP contribution in [0.2, 0.25) is 0 Å². The third kappa shape index (κ3) is 8.54. The minimum atomic E-state index is -0.0780. The predicted octanol–water partition coefficient (Wildman–Crippen LogP) is 13.4. The number of ether oxygens (including phenoxy) is 1. The Morgan fingerprint density at radius 1 is 0.603 bits per heavy atom. The summed E-state index contributed by atoms with van der Waals surface area (Å²) in [6.45, 7) is 22.4. The Morgan fingerprint density at radius 2 is 1.27 bits per heavy atom. The van der Waals surface area contributed by atoms with Crippen LogP contribution in [0.4, 0.5) is 0 Å². The topological polar surface area (TPSA) is 48.8 Å². The van der Waals surface area contributed by atoms with Gasteiger partial charge in [0.25, 0.3) is 0 Å². The van der Waals surface area contributed by atoms with Gasteiger partial charge in [-0.15, -0.1) is 29.7 Å². The van der Waals surface area contributed by atoms with Gasteiger partial charge in [0.15, 0.2) is 0 Å². The summed E-state index contributed by atoms with van der Waals surface area (Å²) in [5, 5.41) is 7.57. The van der Waals surface area contributed by atoms with Crippen LogP contribution < -0.4 is 9.30 Å². The van der Waals surface area contributed by atoms with E-state index in [4.69, 9.17) is 14.8 Å². The van der Waals surface area contributed by atoms with Gasteiger partial charge in [-0.05, 0) is 90.9 Å². The van der Waals surface area contributed by atoms with Crippen molar-refractivity contribution >= 4 is 21.8 Å². The summed E-state index contributed by atoms with van der Waals surface area (Å²) >= 11 is 0. The standard InChI is InChI=1S/C56H53N5O.Pt/c1-37-18-16-24-46(38-19-12-11-13-20-38)52(37)53-58-60(36-59(53)43-31-40(55(5,6)7)30-41(32-43)56(8,9)10)42-21-17-22-44(34-42)62-45-26-27-48-47-23-14-15-25-49(47)61(50(48)35-45)51-33-39(28-29-57-51)54(2,3)4;/h11-33H,1-10H3;/q-2;. The summed E-state index contributed by atoms with van der Waals surface area (Å²) in [6, 6.07) is 53.7. The molecule has 0 aliphatic heterocycles. The number of benzene rings is 6. The molecule has 6 aromatic carbocycles. The number of nitrogens with zero attached hydrogens (tertiary/aromatic N) is 5. The van der Waals surface area contributed by atoms with Crippen molar-refractivity contribution in [2.75, 3.05) is 0 Å². The molecule has 0 saturated carbocycles. The van der Waals surface area contributed by atoms with Gasteiger partial charge in [0.2, 0.25) is 12.2 Å². The summed E-state index contributed by atoms with van der Waals surface area (Å²) in [5.41, 5.74) is 11.6. The van der Waals surface area contributed by atoms with E-state index in [1.54, 1.807) is 4.68 Å². The number of hydrogen-bond acceptors (Lipinski definition) is 3. The van der Waals surface area contributed by atoms with E-state index >= 15 is 0 Å². The molecular weight excluding hydrogens is 954 g/mol. The van der Waals surface area contributed by atoms with Crippen LogP contribution in [-0.4, -0.2) is 19.3 Å². The normalized spacial score (nSPS) is 12.2. The molecule has 0 bridgehead atoms. The third-order valence-electron chi connectivity index (χ3n) is 11.7. The molecule has 0 radical (unpaired) electrons. The van der Waals surface area contributed by atoms with Crippen LogP contribution in [0.1, 0.15) is 84.6 Å². The first-order chi connectivity index (χ1) is 29.5. The number of para-hydroxylation sites is 1. The van der Waals surface area contributed by atoms with Crippen molar-refractivity contribution in [3.63, 3.8) is 0 Å². The van der Waals surface area contributed by atoms with E-state index in [2.05, 4.69) is 206 Å².